The molecule has 2 aliphatic rings. The summed E-state index contributed by atoms with van der Waals surface area (Å²) in [4.78, 5) is 0. The Balaban J connectivity index is 2.27. The third-order valence-electron chi connectivity index (χ3n) is 1.87. The predicted octanol–water partition coefficient (Wildman–Crippen LogP) is 1.05. The Kier molecular flexibility index (Phi) is 1.07. The summed E-state index contributed by atoms with van der Waals surface area (Å²) < 4.78 is 0. The fraction of sp³-hybridized carbons (Fsp3) is 0.333. The van der Waals surface area contributed by atoms with Gasteiger partial charge in [0.05, 0.1) is 12.0 Å². The van der Waals surface area contributed by atoms with Gasteiger partial charge in [-0.3, -0.25) is 0 Å². The van der Waals surface area contributed by atoms with Crippen molar-refractivity contribution < 1.29 is 0 Å². The van der Waals surface area contributed by atoms with Crippen molar-refractivity contribution in [2.75, 3.05) is 0 Å². The molecule has 50 valence electrons. The fourth-order valence-electron chi connectivity index (χ4n) is 1.30. The average molecular weight is 131 g/mol. The highest BCUT2D eigenvalue weighted by molar-refractivity contribution is 5.34. The van der Waals surface area contributed by atoms with Gasteiger partial charge in [0.15, 0.2) is 0 Å². The first-order chi connectivity index (χ1) is 4.86. The molecule has 0 saturated carbocycles. The summed E-state index contributed by atoms with van der Waals surface area (Å²) in [6.45, 7) is 2.10. The Morgan fingerprint density at radius 3 is 3.40 bits per heavy atom. The summed E-state index contributed by atoms with van der Waals surface area (Å²) in [5.74, 6) is 3.51. The first kappa shape index (κ1) is 5.61. The molecule has 0 spiro atoms. The minimum Gasteiger partial charge on any atom is -0.337 e. The van der Waals surface area contributed by atoms with Crippen LogP contribution in [-0.2, 0) is 0 Å². The molecule has 10 heavy (non-hydrogen) atoms. The van der Waals surface area contributed by atoms with Crippen LogP contribution in [0.2, 0.25) is 0 Å². The van der Waals surface area contributed by atoms with Crippen molar-refractivity contribution >= 4 is 0 Å². The highest BCUT2D eigenvalue weighted by Gasteiger charge is 2.19. The SMILES string of the molecule is CC1=CC2NC#CC2C=C1. The highest BCUT2D eigenvalue weighted by atomic mass is 14.9. The van der Waals surface area contributed by atoms with E-state index in [-0.39, 0.29) is 0 Å². The van der Waals surface area contributed by atoms with E-state index in [2.05, 4.69) is 42.4 Å². The van der Waals surface area contributed by atoms with E-state index >= 15 is 0 Å². The molecule has 1 heterocycles. The smallest absolute Gasteiger partial charge is 0.0699 e. The van der Waals surface area contributed by atoms with Crippen LogP contribution >= 0.6 is 0 Å². The minimum atomic E-state index is 0.420. The summed E-state index contributed by atoms with van der Waals surface area (Å²) in [5.41, 5.74) is 1.32. The summed E-state index contributed by atoms with van der Waals surface area (Å²) in [6, 6.07) is 3.31. The topological polar surface area (TPSA) is 12.0 Å². The second-order valence-electron chi connectivity index (χ2n) is 2.74. The van der Waals surface area contributed by atoms with Crippen LogP contribution in [0.5, 0.6) is 0 Å². The number of rotatable bonds is 0. The van der Waals surface area contributed by atoms with Crippen molar-refractivity contribution in [1.29, 1.82) is 0 Å². The van der Waals surface area contributed by atoms with E-state index in [1.165, 1.54) is 5.57 Å². The van der Waals surface area contributed by atoms with E-state index in [9.17, 15) is 0 Å². The summed E-state index contributed by atoms with van der Waals surface area (Å²) >= 11 is 0. The molecule has 1 heteroatoms. The van der Waals surface area contributed by atoms with Crippen molar-refractivity contribution in [3.05, 3.63) is 23.8 Å². The Morgan fingerprint density at radius 1 is 1.60 bits per heavy atom. The zero-order valence-corrected chi connectivity index (χ0v) is 5.89. The van der Waals surface area contributed by atoms with Gasteiger partial charge in [-0.2, -0.15) is 0 Å². The van der Waals surface area contributed by atoms with Gasteiger partial charge in [-0.05, 0) is 6.92 Å². The van der Waals surface area contributed by atoms with E-state index in [0.29, 0.717) is 12.0 Å². The van der Waals surface area contributed by atoms with Gasteiger partial charge >= 0.3 is 0 Å². The first-order valence-corrected chi connectivity index (χ1v) is 3.49. The molecule has 2 unspecified atom stereocenters. The highest BCUT2D eigenvalue weighted by Crippen LogP contribution is 2.17. The van der Waals surface area contributed by atoms with Gasteiger partial charge in [0, 0.05) is 6.04 Å². The number of hydrogen-bond acceptors (Lipinski definition) is 1. The lowest BCUT2D eigenvalue weighted by molar-refractivity contribution is 0.654. The maximum Gasteiger partial charge on any atom is 0.0699 e. The van der Waals surface area contributed by atoms with Crippen LogP contribution in [0, 0.1) is 17.9 Å². The van der Waals surface area contributed by atoms with E-state index < -0.39 is 0 Å². The summed E-state index contributed by atoms with van der Waals surface area (Å²) in [5, 5.41) is 3.10. The molecular formula is C9H9N. The Labute approximate surface area is 60.8 Å². The summed E-state index contributed by atoms with van der Waals surface area (Å²) in [6.07, 6.45) is 6.49. The standard InChI is InChI=1S/C9H9N/c1-7-2-3-8-4-5-10-9(8)6-7/h2-3,6,8-10H,1H3. The molecule has 0 radical (unpaired) electrons. The maximum absolute atomic E-state index is 3.10. The number of fused-ring (bicyclic) bond motifs is 1. The van der Waals surface area contributed by atoms with Crippen molar-refractivity contribution in [3.63, 3.8) is 0 Å². The molecule has 0 aromatic heterocycles. The van der Waals surface area contributed by atoms with Crippen LogP contribution in [0.25, 0.3) is 0 Å². The van der Waals surface area contributed by atoms with Crippen LogP contribution in [0.3, 0.4) is 0 Å². The van der Waals surface area contributed by atoms with Gasteiger partial charge in [-0.25, -0.2) is 0 Å². The van der Waals surface area contributed by atoms with Gasteiger partial charge < -0.3 is 5.32 Å². The summed E-state index contributed by atoms with van der Waals surface area (Å²) in [7, 11) is 0. The van der Waals surface area contributed by atoms with Crippen LogP contribution < -0.4 is 5.32 Å². The molecule has 0 bridgehead atoms. The molecule has 1 N–H and O–H groups in total. The molecule has 0 saturated heterocycles. The number of nitrogens with one attached hydrogen (secondary N) is 1. The maximum atomic E-state index is 3.10. The normalized spacial score (nSPS) is 33.5. The first-order valence-electron chi connectivity index (χ1n) is 3.49. The van der Waals surface area contributed by atoms with Crippen molar-refractivity contribution in [2.45, 2.75) is 13.0 Å². The van der Waals surface area contributed by atoms with Gasteiger partial charge in [0.1, 0.15) is 0 Å². The van der Waals surface area contributed by atoms with Gasteiger partial charge in [-0.15, -0.1) is 0 Å². The van der Waals surface area contributed by atoms with E-state index in [1.54, 1.807) is 0 Å². The quantitative estimate of drug-likeness (QED) is 0.484. The molecular weight excluding hydrogens is 122 g/mol. The Hall–Kier alpha value is -1.16. The molecule has 0 aromatic carbocycles. The molecule has 2 rings (SSSR count). The largest absolute Gasteiger partial charge is 0.337 e. The lowest BCUT2D eigenvalue weighted by Crippen LogP contribution is -2.26. The molecule has 0 amide bonds. The number of hydrogen-bond donors (Lipinski definition) is 1. The van der Waals surface area contributed by atoms with Gasteiger partial charge in [-0.1, -0.05) is 29.7 Å². The second-order valence-corrected chi connectivity index (χ2v) is 2.74. The Morgan fingerprint density at radius 2 is 2.50 bits per heavy atom. The van der Waals surface area contributed by atoms with Crippen LogP contribution in [-0.4, -0.2) is 6.04 Å². The Bertz CT molecular complexity index is 262. The molecule has 1 aliphatic heterocycles. The molecule has 1 nitrogen and oxygen atoms in total. The zero-order chi connectivity index (χ0) is 6.97. The minimum absolute atomic E-state index is 0.420. The van der Waals surface area contributed by atoms with Gasteiger partial charge in [0.25, 0.3) is 0 Å². The van der Waals surface area contributed by atoms with Crippen molar-refractivity contribution in [2.24, 2.45) is 5.92 Å². The fourth-order valence-corrected chi connectivity index (χ4v) is 1.30. The van der Waals surface area contributed by atoms with Crippen molar-refractivity contribution in [1.82, 2.24) is 5.32 Å². The second kappa shape index (κ2) is 1.91. The van der Waals surface area contributed by atoms with Crippen molar-refractivity contribution in [3.8, 4) is 12.0 Å². The monoisotopic (exact) mass is 131 g/mol. The lowest BCUT2D eigenvalue weighted by atomic mass is 9.95. The van der Waals surface area contributed by atoms with E-state index in [1.807, 2.05) is 0 Å². The molecule has 1 aliphatic carbocycles. The third-order valence-corrected chi connectivity index (χ3v) is 1.87. The van der Waals surface area contributed by atoms with Gasteiger partial charge in [0.2, 0.25) is 0 Å². The third kappa shape index (κ3) is 0.733. The van der Waals surface area contributed by atoms with E-state index in [4.69, 9.17) is 0 Å². The number of allylic oxidation sites excluding steroid dienone is 2. The molecule has 0 aromatic rings. The molecule has 0 fully saturated rings. The predicted molar refractivity (Wildman–Crippen MR) is 41.1 cm³/mol. The zero-order valence-electron chi connectivity index (χ0n) is 5.89. The van der Waals surface area contributed by atoms with Crippen LogP contribution in [0.15, 0.2) is 23.8 Å². The van der Waals surface area contributed by atoms with Crippen LogP contribution in [0.1, 0.15) is 6.92 Å². The average Bonchev–Trinajstić information content (AvgIpc) is 2.33. The van der Waals surface area contributed by atoms with Crippen LogP contribution in [0.4, 0.5) is 0 Å². The molecule has 2 atom stereocenters. The lowest BCUT2D eigenvalue weighted by Gasteiger charge is -2.15. The van der Waals surface area contributed by atoms with E-state index in [0.717, 1.165) is 0 Å².